The number of rotatable bonds is 6. The van der Waals surface area contributed by atoms with Gasteiger partial charge in [-0.1, -0.05) is 30.3 Å². The first-order valence-electron chi connectivity index (χ1n) is 8.40. The number of methoxy groups -OCH3 is 1. The molecule has 1 fully saturated rings. The summed E-state index contributed by atoms with van der Waals surface area (Å²) in [7, 11) is 1.49. The Labute approximate surface area is 150 Å². The maximum atomic E-state index is 12.4. The van der Waals surface area contributed by atoms with E-state index in [1.165, 1.54) is 30.9 Å². The minimum absolute atomic E-state index is 0.164. The molecular weight excluding hydrogens is 345 g/mol. The normalized spacial score (nSPS) is 20.2. The molecule has 0 radical (unpaired) electrons. The molecule has 7 heteroatoms. The van der Waals surface area contributed by atoms with Gasteiger partial charge in [-0.05, 0) is 36.7 Å². The third-order valence-corrected chi connectivity index (χ3v) is 4.42. The van der Waals surface area contributed by atoms with Crippen molar-refractivity contribution in [1.29, 1.82) is 0 Å². The second kappa shape index (κ2) is 7.97. The molecule has 1 heterocycles. The Morgan fingerprint density at radius 3 is 2.62 bits per heavy atom. The van der Waals surface area contributed by atoms with E-state index in [-0.39, 0.29) is 17.8 Å². The zero-order valence-corrected chi connectivity index (χ0v) is 14.3. The van der Waals surface area contributed by atoms with Crippen molar-refractivity contribution in [2.24, 2.45) is 0 Å². The lowest BCUT2D eigenvalue weighted by Gasteiger charge is -2.22. The van der Waals surface area contributed by atoms with Crippen LogP contribution in [0.3, 0.4) is 0 Å². The van der Waals surface area contributed by atoms with Gasteiger partial charge in [0.15, 0.2) is 0 Å². The summed E-state index contributed by atoms with van der Waals surface area (Å²) in [6, 6.07) is 14.5. The van der Waals surface area contributed by atoms with Crippen molar-refractivity contribution in [2.75, 3.05) is 13.7 Å². The van der Waals surface area contributed by atoms with Crippen LogP contribution in [0.15, 0.2) is 48.5 Å². The molecule has 4 nitrogen and oxygen atoms in total. The van der Waals surface area contributed by atoms with Gasteiger partial charge in [0.1, 0.15) is 11.5 Å². The van der Waals surface area contributed by atoms with E-state index in [9.17, 15) is 13.2 Å². The maximum absolute atomic E-state index is 12.4. The van der Waals surface area contributed by atoms with Crippen LogP contribution >= 0.6 is 0 Å². The number of hydrogen-bond acceptors (Lipinski definition) is 4. The van der Waals surface area contributed by atoms with Gasteiger partial charge in [-0.2, -0.15) is 0 Å². The summed E-state index contributed by atoms with van der Waals surface area (Å²) >= 11 is 0. The van der Waals surface area contributed by atoms with Gasteiger partial charge in [-0.15, -0.1) is 13.2 Å². The second-order valence-electron chi connectivity index (χ2n) is 6.14. The number of benzene rings is 2. The van der Waals surface area contributed by atoms with E-state index in [1.54, 1.807) is 0 Å². The zero-order valence-electron chi connectivity index (χ0n) is 14.3. The summed E-state index contributed by atoms with van der Waals surface area (Å²) in [6.07, 6.45) is -3.78. The van der Waals surface area contributed by atoms with Crippen molar-refractivity contribution < 1.29 is 22.6 Å². The number of hydrogen-bond donors (Lipinski definition) is 2. The van der Waals surface area contributed by atoms with Crippen molar-refractivity contribution in [3.8, 4) is 11.5 Å². The van der Waals surface area contributed by atoms with Gasteiger partial charge in [0.25, 0.3) is 0 Å². The Kier molecular flexibility index (Phi) is 5.68. The van der Waals surface area contributed by atoms with Gasteiger partial charge in [0.2, 0.25) is 0 Å². The Morgan fingerprint density at radius 1 is 1.15 bits per heavy atom. The van der Waals surface area contributed by atoms with Crippen molar-refractivity contribution in [1.82, 2.24) is 10.6 Å². The third-order valence-electron chi connectivity index (χ3n) is 4.42. The highest BCUT2D eigenvalue weighted by Gasteiger charge is 2.31. The summed E-state index contributed by atoms with van der Waals surface area (Å²) < 4.78 is 46.6. The van der Waals surface area contributed by atoms with Crippen LogP contribution < -0.4 is 20.1 Å². The molecule has 0 amide bonds. The number of nitrogens with one attached hydrogen (secondary N) is 2. The molecule has 3 rings (SSSR count). The first-order valence-corrected chi connectivity index (χ1v) is 8.40. The quantitative estimate of drug-likeness (QED) is 0.816. The van der Waals surface area contributed by atoms with E-state index >= 15 is 0 Å². The lowest BCUT2D eigenvalue weighted by atomic mass is 10.0. The van der Waals surface area contributed by atoms with E-state index in [1.807, 2.05) is 18.2 Å². The van der Waals surface area contributed by atoms with E-state index in [0.29, 0.717) is 17.9 Å². The Hall–Kier alpha value is -2.25. The van der Waals surface area contributed by atoms with Crippen LogP contribution in [0.25, 0.3) is 0 Å². The van der Waals surface area contributed by atoms with Gasteiger partial charge in [0, 0.05) is 24.2 Å². The molecule has 0 saturated carbocycles. The monoisotopic (exact) mass is 366 g/mol. The SMILES string of the molecule is COc1ccc(OC(F)(F)F)cc1CN[C@H]1CCN[C@H]1c1ccccc1. The van der Waals surface area contributed by atoms with Crippen LogP contribution in [0.2, 0.25) is 0 Å². The van der Waals surface area contributed by atoms with Gasteiger partial charge in [-0.25, -0.2) is 0 Å². The van der Waals surface area contributed by atoms with Crippen LogP contribution in [0.4, 0.5) is 13.2 Å². The summed E-state index contributed by atoms with van der Waals surface area (Å²) in [6.45, 7) is 1.26. The first-order chi connectivity index (χ1) is 12.5. The van der Waals surface area contributed by atoms with Crippen LogP contribution in [0.5, 0.6) is 11.5 Å². The number of halogens is 3. The molecule has 1 aliphatic rings. The molecule has 26 heavy (non-hydrogen) atoms. The minimum atomic E-state index is -4.72. The highest BCUT2D eigenvalue weighted by molar-refractivity contribution is 5.40. The molecule has 2 atom stereocenters. The van der Waals surface area contributed by atoms with Crippen LogP contribution in [-0.2, 0) is 6.54 Å². The standard InChI is InChI=1S/C19H21F3N2O2/c1-25-17-8-7-15(26-19(20,21)22)11-14(17)12-24-16-9-10-23-18(16)13-5-3-2-4-6-13/h2-8,11,16,18,23-24H,9-10,12H2,1H3/t16-,18-/m0/s1. The predicted octanol–water partition coefficient (Wildman–Crippen LogP) is 3.79. The van der Waals surface area contributed by atoms with E-state index < -0.39 is 6.36 Å². The molecule has 0 spiro atoms. The number of alkyl halides is 3. The molecule has 0 unspecified atom stereocenters. The molecule has 2 aromatic rings. The molecule has 2 aromatic carbocycles. The summed E-state index contributed by atoms with van der Waals surface area (Å²) in [5, 5.41) is 6.90. The van der Waals surface area contributed by atoms with Crippen LogP contribution in [-0.4, -0.2) is 26.1 Å². The Balaban J connectivity index is 1.71. The molecule has 1 saturated heterocycles. The topological polar surface area (TPSA) is 42.5 Å². The fraction of sp³-hybridized carbons (Fsp3) is 0.368. The molecule has 0 bridgehead atoms. The van der Waals surface area contributed by atoms with Gasteiger partial charge in [-0.3, -0.25) is 0 Å². The lowest BCUT2D eigenvalue weighted by Crippen LogP contribution is -2.34. The number of ether oxygens (including phenoxy) is 2. The predicted molar refractivity (Wildman–Crippen MR) is 92.1 cm³/mol. The molecule has 0 aliphatic carbocycles. The highest BCUT2D eigenvalue weighted by Crippen LogP contribution is 2.29. The average Bonchev–Trinajstić information content (AvgIpc) is 3.08. The van der Waals surface area contributed by atoms with Gasteiger partial charge in [0.05, 0.1) is 7.11 Å². The van der Waals surface area contributed by atoms with Crippen molar-refractivity contribution >= 4 is 0 Å². The molecule has 140 valence electrons. The fourth-order valence-electron chi connectivity index (χ4n) is 3.26. The van der Waals surface area contributed by atoms with Crippen molar-refractivity contribution in [2.45, 2.75) is 31.4 Å². The van der Waals surface area contributed by atoms with Gasteiger partial charge < -0.3 is 20.1 Å². The van der Waals surface area contributed by atoms with E-state index in [0.717, 1.165) is 13.0 Å². The fourth-order valence-corrected chi connectivity index (χ4v) is 3.26. The summed E-state index contributed by atoms with van der Waals surface area (Å²) in [5.41, 5.74) is 1.80. The maximum Gasteiger partial charge on any atom is 0.573 e. The molecule has 1 aliphatic heterocycles. The van der Waals surface area contributed by atoms with E-state index in [4.69, 9.17) is 4.74 Å². The first kappa shape index (κ1) is 18.5. The molecule has 0 aromatic heterocycles. The van der Waals surface area contributed by atoms with E-state index in [2.05, 4.69) is 27.5 Å². The summed E-state index contributed by atoms with van der Waals surface area (Å²) in [4.78, 5) is 0. The van der Waals surface area contributed by atoms with Crippen molar-refractivity contribution in [3.63, 3.8) is 0 Å². The molecule has 2 N–H and O–H groups in total. The second-order valence-corrected chi connectivity index (χ2v) is 6.14. The van der Waals surface area contributed by atoms with Crippen LogP contribution in [0.1, 0.15) is 23.6 Å². The highest BCUT2D eigenvalue weighted by atomic mass is 19.4. The van der Waals surface area contributed by atoms with Gasteiger partial charge >= 0.3 is 6.36 Å². The summed E-state index contributed by atoms with van der Waals surface area (Å²) in [5.74, 6) is 0.272. The molecular formula is C19H21F3N2O2. The van der Waals surface area contributed by atoms with Crippen molar-refractivity contribution in [3.05, 3.63) is 59.7 Å². The third kappa shape index (κ3) is 4.68. The lowest BCUT2D eigenvalue weighted by molar-refractivity contribution is -0.274. The smallest absolute Gasteiger partial charge is 0.496 e. The average molecular weight is 366 g/mol. The Bertz CT molecular complexity index is 722. The largest absolute Gasteiger partial charge is 0.573 e. The zero-order chi connectivity index (χ0) is 18.6. The minimum Gasteiger partial charge on any atom is -0.496 e. The Morgan fingerprint density at radius 2 is 1.92 bits per heavy atom. The van der Waals surface area contributed by atoms with Crippen LogP contribution in [0, 0.1) is 0 Å².